The van der Waals surface area contributed by atoms with E-state index in [4.69, 9.17) is 5.11 Å². The van der Waals surface area contributed by atoms with Crippen LogP contribution in [0.2, 0.25) is 0 Å². The molecule has 0 saturated heterocycles. The molecule has 7 nitrogen and oxygen atoms in total. The molecule has 4 aromatic rings. The Bertz CT molecular complexity index is 1200. The highest BCUT2D eigenvalue weighted by Crippen LogP contribution is 2.27. The molecule has 0 aliphatic rings. The molecule has 0 aliphatic carbocycles. The first-order valence-electron chi connectivity index (χ1n) is 8.61. The van der Waals surface area contributed by atoms with Crippen molar-refractivity contribution in [3.63, 3.8) is 0 Å². The number of fused-ring (bicyclic) bond motifs is 1. The van der Waals surface area contributed by atoms with Crippen molar-refractivity contribution >= 4 is 23.3 Å². The van der Waals surface area contributed by atoms with Gasteiger partial charge < -0.3 is 15.2 Å². The first-order chi connectivity index (χ1) is 14.3. The Morgan fingerprint density at radius 2 is 1.70 bits per heavy atom. The third-order valence-corrected chi connectivity index (χ3v) is 4.13. The van der Waals surface area contributed by atoms with Crippen molar-refractivity contribution in [1.82, 2.24) is 14.6 Å². The van der Waals surface area contributed by atoms with Crippen LogP contribution in [0.4, 0.5) is 24.8 Å². The number of carbonyl (C=O) groups is 1. The number of rotatable bonds is 5. The van der Waals surface area contributed by atoms with Gasteiger partial charge in [-0.3, -0.25) is 0 Å². The van der Waals surface area contributed by atoms with Crippen LogP contribution in [-0.4, -0.2) is 32.0 Å². The summed E-state index contributed by atoms with van der Waals surface area (Å²) < 4.78 is 42.4. The van der Waals surface area contributed by atoms with Gasteiger partial charge in [-0.2, -0.15) is 4.98 Å². The molecule has 0 unspecified atom stereocenters. The fourth-order valence-corrected chi connectivity index (χ4v) is 2.83. The molecule has 0 amide bonds. The number of alkyl halides is 3. The van der Waals surface area contributed by atoms with Crippen LogP contribution in [0.25, 0.3) is 16.9 Å². The summed E-state index contributed by atoms with van der Waals surface area (Å²) in [5.74, 6) is -1.06. The van der Waals surface area contributed by atoms with Crippen molar-refractivity contribution in [3.05, 3.63) is 72.3 Å². The summed E-state index contributed by atoms with van der Waals surface area (Å²) in [4.78, 5) is 15.3. The molecule has 4 rings (SSSR count). The van der Waals surface area contributed by atoms with E-state index in [1.54, 1.807) is 34.8 Å². The molecule has 30 heavy (non-hydrogen) atoms. The van der Waals surface area contributed by atoms with Crippen LogP contribution in [0.5, 0.6) is 5.75 Å². The Labute approximate surface area is 167 Å². The molecule has 0 radical (unpaired) electrons. The molecule has 152 valence electrons. The highest BCUT2D eigenvalue weighted by atomic mass is 19.4. The molecule has 2 aromatic heterocycles. The number of benzene rings is 2. The predicted molar refractivity (Wildman–Crippen MR) is 102 cm³/mol. The van der Waals surface area contributed by atoms with E-state index in [1.165, 1.54) is 36.4 Å². The van der Waals surface area contributed by atoms with Crippen LogP contribution in [0.1, 0.15) is 10.4 Å². The van der Waals surface area contributed by atoms with Crippen LogP contribution in [0, 0.1) is 0 Å². The van der Waals surface area contributed by atoms with Crippen LogP contribution in [-0.2, 0) is 0 Å². The second kappa shape index (κ2) is 7.39. The van der Waals surface area contributed by atoms with Crippen molar-refractivity contribution in [3.8, 4) is 17.0 Å². The third-order valence-electron chi connectivity index (χ3n) is 4.13. The van der Waals surface area contributed by atoms with E-state index in [9.17, 15) is 18.0 Å². The Morgan fingerprint density at radius 3 is 2.33 bits per heavy atom. The highest BCUT2D eigenvalue weighted by molar-refractivity contribution is 5.88. The molecule has 2 aromatic carbocycles. The number of hydrogen-bond acceptors (Lipinski definition) is 5. The molecule has 10 heteroatoms. The van der Waals surface area contributed by atoms with Crippen LogP contribution >= 0.6 is 0 Å². The fraction of sp³-hybridized carbons (Fsp3) is 0.0500. The van der Waals surface area contributed by atoms with Gasteiger partial charge in [0.15, 0.2) is 5.65 Å². The van der Waals surface area contributed by atoms with Crippen molar-refractivity contribution < 1.29 is 27.8 Å². The Kier molecular flexibility index (Phi) is 4.74. The predicted octanol–water partition coefficient (Wildman–Crippen LogP) is 4.74. The van der Waals surface area contributed by atoms with Crippen LogP contribution in [0.3, 0.4) is 0 Å². The van der Waals surface area contributed by atoms with E-state index in [-0.39, 0.29) is 17.3 Å². The maximum absolute atomic E-state index is 12.3. The van der Waals surface area contributed by atoms with E-state index in [0.717, 1.165) is 0 Å². The number of hydrogen-bond donors (Lipinski definition) is 2. The zero-order valence-electron chi connectivity index (χ0n) is 15.1. The number of ether oxygens (including phenoxy) is 1. The third kappa shape index (κ3) is 4.17. The maximum atomic E-state index is 12.3. The van der Waals surface area contributed by atoms with Gasteiger partial charge in [0.05, 0.1) is 11.3 Å². The van der Waals surface area contributed by atoms with E-state index in [2.05, 4.69) is 20.1 Å². The lowest BCUT2D eigenvalue weighted by Crippen LogP contribution is -2.16. The van der Waals surface area contributed by atoms with Gasteiger partial charge in [0, 0.05) is 11.3 Å². The average Bonchev–Trinajstić information content (AvgIpc) is 3.10. The van der Waals surface area contributed by atoms with Gasteiger partial charge in [-0.1, -0.05) is 6.07 Å². The molecule has 2 N–H and O–H groups in total. The van der Waals surface area contributed by atoms with Crippen molar-refractivity contribution in [2.45, 2.75) is 6.36 Å². The number of nitrogens with one attached hydrogen (secondary N) is 1. The number of carboxylic acid groups (broad SMARTS) is 1. The molecule has 0 atom stereocenters. The monoisotopic (exact) mass is 414 g/mol. The molecular formula is C20H13F3N4O3. The standard InChI is InChI=1S/C20H13F3N4O3/c21-20(22,23)30-15-10-6-12(7-11-15)16-2-1-3-17-25-19(26-27(16)17)24-14-8-4-13(5-9-14)18(28)29/h1-11H,(H,24,26)(H,28,29). The lowest BCUT2D eigenvalue weighted by Gasteiger charge is -2.09. The van der Waals surface area contributed by atoms with E-state index in [1.807, 2.05) is 0 Å². The zero-order valence-corrected chi connectivity index (χ0v) is 15.1. The van der Waals surface area contributed by atoms with Gasteiger partial charge in [0.25, 0.3) is 0 Å². The van der Waals surface area contributed by atoms with Crippen LogP contribution < -0.4 is 10.1 Å². The summed E-state index contributed by atoms with van der Waals surface area (Å²) in [6.45, 7) is 0. The molecule has 0 bridgehead atoms. The molecule has 0 fully saturated rings. The molecule has 0 spiro atoms. The lowest BCUT2D eigenvalue weighted by atomic mass is 10.1. The van der Waals surface area contributed by atoms with E-state index in [0.29, 0.717) is 22.6 Å². The summed E-state index contributed by atoms with van der Waals surface area (Å²) in [6, 6.07) is 16.8. The smallest absolute Gasteiger partial charge is 0.478 e. The quantitative estimate of drug-likeness (QED) is 0.491. The number of aromatic carboxylic acids is 1. The normalized spacial score (nSPS) is 11.4. The minimum atomic E-state index is -4.75. The Balaban J connectivity index is 1.61. The summed E-state index contributed by atoms with van der Waals surface area (Å²) in [5.41, 5.74) is 2.52. The van der Waals surface area contributed by atoms with Crippen molar-refractivity contribution in [1.29, 1.82) is 0 Å². The number of carboxylic acids is 1. The molecular weight excluding hydrogens is 401 g/mol. The fourth-order valence-electron chi connectivity index (χ4n) is 2.83. The number of anilines is 2. The summed E-state index contributed by atoms with van der Waals surface area (Å²) >= 11 is 0. The van der Waals surface area contributed by atoms with Gasteiger partial charge in [0.2, 0.25) is 5.95 Å². The number of aromatic nitrogens is 3. The van der Waals surface area contributed by atoms with Gasteiger partial charge in [-0.05, 0) is 60.7 Å². The van der Waals surface area contributed by atoms with Crippen molar-refractivity contribution in [2.75, 3.05) is 5.32 Å². The highest BCUT2D eigenvalue weighted by Gasteiger charge is 2.31. The summed E-state index contributed by atoms with van der Waals surface area (Å²) in [7, 11) is 0. The topological polar surface area (TPSA) is 88.8 Å². The van der Waals surface area contributed by atoms with Crippen molar-refractivity contribution in [2.24, 2.45) is 0 Å². The summed E-state index contributed by atoms with van der Waals surface area (Å²) in [6.07, 6.45) is -4.75. The number of nitrogens with zero attached hydrogens (tertiary/aromatic N) is 3. The molecule has 2 heterocycles. The SMILES string of the molecule is O=C(O)c1ccc(Nc2nc3cccc(-c4ccc(OC(F)(F)F)cc4)n3n2)cc1. The van der Waals surface area contributed by atoms with Gasteiger partial charge >= 0.3 is 12.3 Å². The zero-order chi connectivity index (χ0) is 21.3. The lowest BCUT2D eigenvalue weighted by molar-refractivity contribution is -0.274. The number of pyridine rings is 1. The Morgan fingerprint density at radius 1 is 1.00 bits per heavy atom. The van der Waals surface area contributed by atoms with Crippen LogP contribution in [0.15, 0.2) is 66.7 Å². The first kappa shape index (κ1) is 19.2. The average molecular weight is 414 g/mol. The van der Waals surface area contributed by atoms with Gasteiger partial charge in [-0.25, -0.2) is 9.31 Å². The van der Waals surface area contributed by atoms with E-state index >= 15 is 0 Å². The second-order valence-electron chi connectivity index (χ2n) is 6.20. The minimum absolute atomic E-state index is 0.156. The molecule has 0 aliphatic heterocycles. The minimum Gasteiger partial charge on any atom is -0.478 e. The second-order valence-corrected chi connectivity index (χ2v) is 6.20. The maximum Gasteiger partial charge on any atom is 0.573 e. The first-order valence-corrected chi connectivity index (χ1v) is 8.61. The van der Waals surface area contributed by atoms with Gasteiger partial charge in [-0.15, -0.1) is 18.3 Å². The van der Waals surface area contributed by atoms with Gasteiger partial charge in [0.1, 0.15) is 5.75 Å². The van der Waals surface area contributed by atoms with E-state index < -0.39 is 12.3 Å². The molecule has 0 saturated carbocycles. The largest absolute Gasteiger partial charge is 0.573 e. The Hall–Kier alpha value is -4.08. The summed E-state index contributed by atoms with van der Waals surface area (Å²) in [5, 5.41) is 16.3. The number of halogens is 3.